The highest BCUT2D eigenvalue weighted by Crippen LogP contribution is 2.18. The third kappa shape index (κ3) is 3.23. The number of aryl methyl sites for hydroxylation is 1. The number of aromatic nitrogens is 4. The molecule has 0 fully saturated rings. The monoisotopic (exact) mass is 281 g/mol. The van der Waals surface area contributed by atoms with Crippen LogP contribution in [0.15, 0.2) is 17.2 Å². The average Bonchev–Trinajstić information content (AvgIpc) is 2.98. The highest BCUT2D eigenvalue weighted by atomic mass is 32.1. The first-order valence-electron chi connectivity index (χ1n) is 6.57. The van der Waals surface area contributed by atoms with E-state index in [0.29, 0.717) is 6.54 Å². The van der Waals surface area contributed by atoms with Crippen LogP contribution in [0.4, 0.5) is 5.00 Å². The quantitative estimate of drug-likeness (QED) is 0.840. The molecular formula is C12H19N5OS. The van der Waals surface area contributed by atoms with Crippen molar-refractivity contribution in [2.24, 2.45) is 0 Å². The highest BCUT2D eigenvalue weighted by Gasteiger charge is 2.10. The lowest BCUT2D eigenvalue weighted by Gasteiger charge is -2.03. The molecule has 0 aromatic carbocycles. The van der Waals surface area contributed by atoms with E-state index in [0.717, 1.165) is 36.6 Å². The van der Waals surface area contributed by atoms with Gasteiger partial charge >= 0.3 is 5.69 Å². The van der Waals surface area contributed by atoms with E-state index in [2.05, 4.69) is 28.8 Å². The predicted octanol–water partition coefficient (Wildman–Crippen LogP) is 1.78. The summed E-state index contributed by atoms with van der Waals surface area (Å²) >= 11 is 1.34. The largest absolute Gasteiger partial charge is 0.374 e. The topological polar surface area (TPSA) is 64.7 Å². The van der Waals surface area contributed by atoms with Crippen molar-refractivity contribution in [3.8, 4) is 0 Å². The second-order valence-corrected chi connectivity index (χ2v) is 5.13. The van der Waals surface area contributed by atoms with Gasteiger partial charge in [-0.05, 0) is 12.8 Å². The zero-order valence-electron chi connectivity index (χ0n) is 11.3. The Hall–Kier alpha value is -1.63. The molecule has 0 spiro atoms. The SMILES string of the molecule is CCCNc1snnc1Cn1ccn(CCC)c1=O. The molecule has 2 aromatic heterocycles. The second-order valence-electron chi connectivity index (χ2n) is 4.38. The highest BCUT2D eigenvalue weighted by molar-refractivity contribution is 7.10. The van der Waals surface area contributed by atoms with Crippen LogP contribution in [0.2, 0.25) is 0 Å². The van der Waals surface area contributed by atoms with Crippen molar-refractivity contribution in [2.45, 2.75) is 39.8 Å². The standard InChI is InChI=1S/C12H19N5OS/c1-3-5-13-11-10(14-15-19-11)9-17-8-7-16(6-4-2)12(17)18/h7-8,13H,3-6,9H2,1-2H3. The Balaban J connectivity index is 2.13. The summed E-state index contributed by atoms with van der Waals surface area (Å²) in [5.41, 5.74) is 0.839. The fourth-order valence-corrected chi connectivity index (χ4v) is 2.43. The first-order valence-corrected chi connectivity index (χ1v) is 7.34. The number of imidazole rings is 1. The van der Waals surface area contributed by atoms with Crippen LogP contribution in [0.25, 0.3) is 0 Å². The van der Waals surface area contributed by atoms with Crippen molar-refractivity contribution >= 4 is 16.5 Å². The third-order valence-corrected chi connectivity index (χ3v) is 3.52. The molecule has 0 aliphatic rings. The smallest absolute Gasteiger partial charge is 0.328 e. The Kier molecular flexibility index (Phi) is 4.73. The molecule has 0 aliphatic heterocycles. The molecule has 1 N–H and O–H groups in total. The molecule has 0 aliphatic carbocycles. The minimum Gasteiger partial charge on any atom is -0.374 e. The molecular weight excluding hydrogens is 262 g/mol. The minimum atomic E-state index is 0.0105. The normalized spacial score (nSPS) is 10.8. The number of hydrogen-bond acceptors (Lipinski definition) is 5. The molecule has 0 saturated heterocycles. The van der Waals surface area contributed by atoms with E-state index in [1.165, 1.54) is 11.5 Å². The number of nitrogens with zero attached hydrogens (tertiary/aromatic N) is 4. The van der Waals surface area contributed by atoms with Crippen molar-refractivity contribution in [1.29, 1.82) is 0 Å². The summed E-state index contributed by atoms with van der Waals surface area (Å²) in [6.07, 6.45) is 5.63. The minimum absolute atomic E-state index is 0.0105. The second kappa shape index (κ2) is 6.51. The van der Waals surface area contributed by atoms with Gasteiger partial charge in [0.15, 0.2) is 0 Å². The number of hydrogen-bond donors (Lipinski definition) is 1. The van der Waals surface area contributed by atoms with E-state index >= 15 is 0 Å². The zero-order valence-corrected chi connectivity index (χ0v) is 12.1. The van der Waals surface area contributed by atoms with Gasteiger partial charge in [0.25, 0.3) is 0 Å². The van der Waals surface area contributed by atoms with Gasteiger partial charge in [0.2, 0.25) is 0 Å². The molecule has 7 heteroatoms. The molecule has 104 valence electrons. The van der Waals surface area contributed by atoms with Crippen LogP contribution in [0.5, 0.6) is 0 Å². The van der Waals surface area contributed by atoms with Crippen molar-refractivity contribution < 1.29 is 0 Å². The predicted molar refractivity (Wildman–Crippen MR) is 76.8 cm³/mol. The van der Waals surface area contributed by atoms with Gasteiger partial charge in [0.05, 0.1) is 6.54 Å². The molecule has 2 rings (SSSR count). The van der Waals surface area contributed by atoms with Crippen molar-refractivity contribution in [3.63, 3.8) is 0 Å². The average molecular weight is 281 g/mol. The maximum absolute atomic E-state index is 12.1. The fraction of sp³-hybridized carbons (Fsp3) is 0.583. The van der Waals surface area contributed by atoms with Crippen LogP contribution < -0.4 is 11.0 Å². The Morgan fingerprint density at radius 1 is 1.26 bits per heavy atom. The maximum atomic E-state index is 12.1. The summed E-state index contributed by atoms with van der Waals surface area (Å²) in [7, 11) is 0. The zero-order chi connectivity index (χ0) is 13.7. The first-order chi connectivity index (χ1) is 9.26. The van der Waals surface area contributed by atoms with Gasteiger partial charge in [-0.15, -0.1) is 5.10 Å². The van der Waals surface area contributed by atoms with Crippen LogP contribution >= 0.6 is 11.5 Å². The lowest BCUT2D eigenvalue weighted by atomic mass is 10.4. The van der Waals surface area contributed by atoms with Crippen molar-refractivity contribution in [2.75, 3.05) is 11.9 Å². The lowest BCUT2D eigenvalue weighted by Crippen LogP contribution is -2.24. The molecule has 0 bridgehead atoms. The fourth-order valence-electron chi connectivity index (χ4n) is 1.83. The van der Waals surface area contributed by atoms with Gasteiger partial charge in [0, 0.05) is 37.0 Å². The summed E-state index contributed by atoms with van der Waals surface area (Å²) in [5, 5.41) is 8.34. The van der Waals surface area contributed by atoms with Gasteiger partial charge in [-0.1, -0.05) is 18.3 Å². The molecule has 0 unspecified atom stereocenters. The van der Waals surface area contributed by atoms with Crippen molar-refractivity contribution in [1.82, 2.24) is 18.7 Å². The molecule has 0 amide bonds. The molecule has 2 heterocycles. The molecule has 0 atom stereocenters. The Morgan fingerprint density at radius 2 is 2.05 bits per heavy atom. The van der Waals surface area contributed by atoms with E-state index in [1.807, 2.05) is 6.20 Å². The van der Waals surface area contributed by atoms with Crippen molar-refractivity contribution in [3.05, 3.63) is 28.6 Å². The summed E-state index contributed by atoms with van der Waals surface area (Å²) in [4.78, 5) is 12.1. The molecule has 0 saturated carbocycles. The van der Waals surface area contributed by atoms with E-state index in [1.54, 1.807) is 15.3 Å². The number of nitrogens with one attached hydrogen (secondary N) is 1. The summed E-state index contributed by atoms with van der Waals surface area (Å²) in [6.45, 7) is 6.28. The molecule has 19 heavy (non-hydrogen) atoms. The Morgan fingerprint density at radius 3 is 2.79 bits per heavy atom. The third-order valence-electron chi connectivity index (χ3n) is 2.79. The van der Waals surface area contributed by atoms with Crippen LogP contribution in [-0.4, -0.2) is 25.3 Å². The Bertz CT molecular complexity index is 571. The van der Waals surface area contributed by atoms with Crippen LogP contribution in [0.1, 0.15) is 32.4 Å². The van der Waals surface area contributed by atoms with Gasteiger partial charge in [-0.3, -0.25) is 9.13 Å². The molecule has 6 nitrogen and oxygen atoms in total. The Labute approximate surface area is 116 Å². The van der Waals surface area contributed by atoms with E-state index < -0.39 is 0 Å². The van der Waals surface area contributed by atoms with Crippen LogP contribution in [-0.2, 0) is 13.1 Å². The van der Waals surface area contributed by atoms with Gasteiger partial charge in [-0.2, -0.15) is 0 Å². The van der Waals surface area contributed by atoms with E-state index in [-0.39, 0.29) is 5.69 Å². The number of anilines is 1. The van der Waals surface area contributed by atoms with Gasteiger partial charge in [0.1, 0.15) is 10.7 Å². The van der Waals surface area contributed by atoms with Gasteiger partial charge in [-0.25, -0.2) is 4.79 Å². The van der Waals surface area contributed by atoms with Gasteiger partial charge < -0.3 is 5.32 Å². The summed E-state index contributed by atoms with van der Waals surface area (Å²) < 4.78 is 7.34. The first kappa shape index (κ1) is 13.8. The summed E-state index contributed by atoms with van der Waals surface area (Å²) in [5.74, 6) is 0. The maximum Gasteiger partial charge on any atom is 0.328 e. The van der Waals surface area contributed by atoms with E-state index in [9.17, 15) is 4.79 Å². The van der Waals surface area contributed by atoms with Crippen LogP contribution in [0.3, 0.4) is 0 Å². The summed E-state index contributed by atoms with van der Waals surface area (Å²) in [6, 6.07) is 0. The molecule has 2 aromatic rings. The van der Waals surface area contributed by atoms with E-state index in [4.69, 9.17) is 0 Å². The van der Waals surface area contributed by atoms with Crippen LogP contribution in [0, 0.1) is 0 Å². The molecule has 0 radical (unpaired) electrons. The number of rotatable bonds is 7. The lowest BCUT2D eigenvalue weighted by molar-refractivity contribution is 0.621.